The fourth-order valence-corrected chi connectivity index (χ4v) is 1.67. The minimum absolute atomic E-state index is 0.254. The Labute approximate surface area is 134 Å². The Morgan fingerprint density at radius 3 is 1.78 bits per heavy atom. The van der Waals surface area contributed by atoms with Crippen molar-refractivity contribution in [3.8, 4) is 0 Å². The van der Waals surface area contributed by atoms with E-state index in [1.54, 1.807) is 0 Å². The summed E-state index contributed by atoms with van der Waals surface area (Å²) in [5, 5.41) is 0. The van der Waals surface area contributed by atoms with Gasteiger partial charge in [-0.3, -0.25) is 0 Å². The molecule has 126 valence electrons. The van der Waals surface area contributed by atoms with Crippen molar-refractivity contribution in [2.45, 2.75) is 12.4 Å². The molecule has 0 fully saturated rings. The maximum atomic E-state index is 12.1. The van der Waals surface area contributed by atoms with Crippen LogP contribution in [0.25, 0.3) is 0 Å². The van der Waals surface area contributed by atoms with Gasteiger partial charge in [-0.2, -0.15) is 26.3 Å². The maximum Gasteiger partial charge on any atom is 0.419 e. The molecule has 0 atom stereocenters. The normalized spacial score (nSPS) is 11.6. The third kappa shape index (κ3) is 5.58. The van der Waals surface area contributed by atoms with Gasteiger partial charge in [0.05, 0.1) is 11.1 Å². The highest BCUT2D eigenvalue weighted by Crippen LogP contribution is 2.34. The molecule has 2 aromatic heterocycles. The van der Waals surface area contributed by atoms with E-state index >= 15 is 0 Å². The highest BCUT2D eigenvalue weighted by atomic mass is 79.9. The van der Waals surface area contributed by atoms with Crippen molar-refractivity contribution >= 4 is 27.6 Å². The number of nitrogens with zero attached hydrogens (tertiary/aromatic N) is 2. The van der Waals surface area contributed by atoms with Crippen LogP contribution in [0.5, 0.6) is 0 Å². The molecule has 0 radical (unpaired) electrons. The van der Waals surface area contributed by atoms with Crippen LogP contribution in [0.15, 0.2) is 35.1 Å². The summed E-state index contributed by atoms with van der Waals surface area (Å²) in [6, 6.07) is 2.98. The number of aromatic nitrogens is 2. The Hall–Kier alpha value is -2.04. The summed E-state index contributed by atoms with van der Waals surface area (Å²) in [6.45, 7) is 0. The Kier molecular flexibility index (Phi) is 5.81. The van der Waals surface area contributed by atoms with Gasteiger partial charge < -0.3 is 11.5 Å². The van der Waals surface area contributed by atoms with Gasteiger partial charge >= 0.3 is 12.4 Å². The van der Waals surface area contributed by atoms with Gasteiger partial charge in [0.25, 0.3) is 0 Å². The number of hydrogen-bond donors (Lipinski definition) is 2. The van der Waals surface area contributed by atoms with Gasteiger partial charge in [0.1, 0.15) is 11.6 Å². The van der Waals surface area contributed by atoms with Gasteiger partial charge in [0, 0.05) is 16.9 Å². The van der Waals surface area contributed by atoms with Crippen LogP contribution in [0, 0.1) is 0 Å². The number of alkyl halides is 6. The SMILES string of the molecule is Nc1ncc(Br)cc1C(F)(F)F.Nc1ncccc1C(F)(F)F. The number of nitrogens with two attached hydrogens (primary N) is 2. The van der Waals surface area contributed by atoms with E-state index < -0.39 is 35.1 Å². The zero-order valence-corrected chi connectivity index (χ0v) is 12.7. The fraction of sp³-hybridized carbons (Fsp3) is 0.167. The third-order valence-electron chi connectivity index (χ3n) is 2.33. The summed E-state index contributed by atoms with van der Waals surface area (Å²) in [5.74, 6) is -0.995. The lowest BCUT2D eigenvalue weighted by Crippen LogP contribution is -2.10. The largest absolute Gasteiger partial charge is 0.419 e. The Balaban J connectivity index is 0.000000231. The molecule has 23 heavy (non-hydrogen) atoms. The minimum atomic E-state index is -4.44. The van der Waals surface area contributed by atoms with Gasteiger partial charge in [-0.15, -0.1) is 0 Å². The molecule has 0 aliphatic rings. The van der Waals surface area contributed by atoms with Crippen molar-refractivity contribution in [3.63, 3.8) is 0 Å². The molecular weight excluding hydrogens is 394 g/mol. The van der Waals surface area contributed by atoms with Gasteiger partial charge in [-0.25, -0.2) is 9.97 Å². The lowest BCUT2D eigenvalue weighted by molar-refractivity contribution is -0.138. The van der Waals surface area contributed by atoms with E-state index in [1.165, 1.54) is 18.5 Å². The molecule has 0 bridgehead atoms. The average molecular weight is 403 g/mol. The van der Waals surface area contributed by atoms with Gasteiger partial charge in [0.2, 0.25) is 0 Å². The van der Waals surface area contributed by atoms with E-state index in [2.05, 4.69) is 25.9 Å². The molecule has 0 aliphatic carbocycles. The van der Waals surface area contributed by atoms with Crippen molar-refractivity contribution in [2.24, 2.45) is 0 Å². The van der Waals surface area contributed by atoms with E-state index in [4.69, 9.17) is 11.5 Å². The number of halogens is 7. The summed E-state index contributed by atoms with van der Waals surface area (Å²) < 4.78 is 72.3. The Morgan fingerprint density at radius 2 is 1.39 bits per heavy atom. The van der Waals surface area contributed by atoms with Crippen LogP contribution in [0.1, 0.15) is 11.1 Å². The second-order valence-corrected chi connectivity index (χ2v) is 4.93. The van der Waals surface area contributed by atoms with Crippen LogP contribution in [0.3, 0.4) is 0 Å². The molecule has 0 spiro atoms. The van der Waals surface area contributed by atoms with E-state index in [-0.39, 0.29) is 4.47 Å². The van der Waals surface area contributed by atoms with Gasteiger partial charge in [-0.05, 0) is 34.1 Å². The Bertz CT molecular complexity index is 671. The number of nitrogen functional groups attached to an aromatic ring is 2. The van der Waals surface area contributed by atoms with Crippen molar-refractivity contribution in [3.05, 3.63) is 46.2 Å². The standard InChI is InChI=1S/C6H4BrF3N2.C6H5F3N2/c7-3-1-4(6(8,9)10)5(11)12-2-3;7-6(8,9)4-2-1-3-11-5(4)10/h1-2H,(H2,11,12);1-3H,(H2,10,11). The van der Waals surface area contributed by atoms with Gasteiger partial charge in [0.15, 0.2) is 0 Å². The molecule has 2 heterocycles. The summed E-state index contributed by atoms with van der Waals surface area (Å²) in [5.41, 5.74) is 8.19. The van der Waals surface area contributed by atoms with Crippen LogP contribution in [-0.4, -0.2) is 9.97 Å². The molecule has 0 aromatic carbocycles. The predicted molar refractivity (Wildman–Crippen MR) is 75.0 cm³/mol. The second-order valence-electron chi connectivity index (χ2n) is 4.02. The van der Waals surface area contributed by atoms with Crippen LogP contribution < -0.4 is 11.5 Å². The monoisotopic (exact) mass is 402 g/mol. The predicted octanol–water partition coefficient (Wildman–Crippen LogP) is 4.13. The quantitative estimate of drug-likeness (QED) is 0.649. The molecule has 0 unspecified atom stereocenters. The van der Waals surface area contributed by atoms with E-state index in [9.17, 15) is 26.3 Å². The van der Waals surface area contributed by atoms with Crippen LogP contribution in [0.4, 0.5) is 38.0 Å². The average Bonchev–Trinajstić information content (AvgIpc) is 2.40. The molecule has 4 nitrogen and oxygen atoms in total. The van der Waals surface area contributed by atoms with Crippen molar-refractivity contribution in [2.75, 3.05) is 11.5 Å². The zero-order chi connectivity index (χ0) is 17.8. The number of rotatable bonds is 0. The number of hydrogen-bond acceptors (Lipinski definition) is 4. The van der Waals surface area contributed by atoms with E-state index in [1.807, 2.05) is 0 Å². The highest BCUT2D eigenvalue weighted by Gasteiger charge is 2.34. The Morgan fingerprint density at radius 1 is 0.870 bits per heavy atom. The third-order valence-corrected chi connectivity index (χ3v) is 2.77. The van der Waals surface area contributed by atoms with Crippen LogP contribution in [0.2, 0.25) is 0 Å². The first kappa shape index (κ1) is 19.0. The molecule has 0 aliphatic heterocycles. The second kappa shape index (κ2) is 7.02. The molecule has 0 saturated heterocycles. The molecule has 0 amide bonds. The zero-order valence-electron chi connectivity index (χ0n) is 11.1. The van der Waals surface area contributed by atoms with Crippen molar-refractivity contribution in [1.82, 2.24) is 9.97 Å². The fourth-order valence-electron chi connectivity index (χ4n) is 1.33. The molecular formula is C12H9BrF6N4. The first-order valence-electron chi connectivity index (χ1n) is 5.69. The lowest BCUT2D eigenvalue weighted by Gasteiger charge is -2.08. The summed E-state index contributed by atoms with van der Waals surface area (Å²) >= 11 is 2.87. The molecule has 4 N–H and O–H groups in total. The minimum Gasteiger partial charge on any atom is -0.383 e. The first-order valence-corrected chi connectivity index (χ1v) is 6.48. The summed E-state index contributed by atoms with van der Waals surface area (Å²) in [6.07, 6.45) is -6.42. The lowest BCUT2D eigenvalue weighted by atomic mass is 10.2. The molecule has 0 saturated carbocycles. The van der Waals surface area contributed by atoms with Gasteiger partial charge in [-0.1, -0.05) is 0 Å². The van der Waals surface area contributed by atoms with E-state index in [0.29, 0.717) is 0 Å². The smallest absolute Gasteiger partial charge is 0.383 e. The van der Waals surface area contributed by atoms with Crippen LogP contribution in [-0.2, 0) is 12.4 Å². The number of pyridine rings is 2. The van der Waals surface area contributed by atoms with Crippen molar-refractivity contribution in [1.29, 1.82) is 0 Å². The molecule has 11 heteroatoms. The maximum absolute atomic E-state index is 12.1. The highest BCUT2D eigenvalue weighted by molar-refractivity contribution is 9.10. The van der Waals surface area contributed by atoms with Crippen LogP contribution >= 0.6 is 15.9 Å². The first-order chi connectivity index (χ1) is 10.4. The van der Waals surface area contributed by atoms with Crippen molar-refractivity contribution < 1.29 is 26.3 Å². The van der Waals surface area contributed by atoms with E-state index in [0.717, 1.165) is 12.1 Å². The topological polar surface area (TPSA) is 77.8 Å². The molecule has 2 aromatic rings. The number of anilines is 2. The summed E-state index contributed by atoms with van der Waals surface area (Å²) in [7, 11) is 0. The summed E-state index contributed by atoms with van der Waals surface area (Å²) in [4.78, 5) is 6.66. The molecule has 2 rings (SSSR count).